The van der Waals surface area contributed by atoms with Crippen LogP contribution in [0.5, 0.6) is 0 Å². The summed E-state index contributed by atoms with van der Waals surface area (Å²) < 4.78 is 0.772. The maximum Gasteiger partial charge on any atom is 0.107 e. The first-order valence-corrected chi connectivity index (χ1v) is 4.74. The summed E-state index contributed by atoms with van der Waals surface area (Å²) >= 11 is 9.09. The Kier molecular flexibility index (Phi) is 3.71. The monoisotopic (exact) mass is 262 g/mol. The molecule has 0 saturated carbocycles. The van der Waals surface area contributed by atoms with Crippen LogP contribution in [0.15, 0.2) is 22.8 Å². The zero-order valence-electron chi connectivity index (χ0n) is 6.88. The van der Waals surface area contributed by atoms with Crippen LogP contribution in [0.1, 0.15) is 12.6 Å². The standard InChI is InChI=1S/C8H8BrClN2O/c1-2-6(10)8-7(12-13)3-5(9)4-11-8/h2-4,12-13H,1H3/b6-2+. The third-order valence-corrected chi connectivity index (χ3v) is 2.29. The van der Waals surface area contributed by atoms with Gasteiger partial charge in [-0.1, -0.05) is 17.7 Å². The minimum Gasteiger partial charge on any atom is -0.291 e. The van der Waals surface area contributed by atoms with Crippen molar-refractivity contribution in [3.63, 3.8) is 0 Å². The van der Waals surface area contributed by atoms with Gasteiger partial charge in [0, 0.05) is 10.7 Å². The molecule has 0 unspecified atom stereocenters. The molecule has 0 amide bonds. The lowest BCUT2D eigenvalue weighted by atomic mass is 10.3. The molecule has 1 heterocycles. The zero-order chi connectivity index (χ0) is 9.84. The molecule has 0 fully saturated rings. The Morgan fingerprint density at radius 2 is 2.46 bits per heavy atom. The summed E-state index contributed by atoms with van der Waals surface area (Å²) in [5, 5.41) is 9.28. The summed E-state index contributed by atoms with van der Waals surface area (Å²) in [6.45, 7) is 1.80. The van der Waals surface area contributed by atoms with Crippen molar-refractivity contribution in [1.29, 1.82) is 0 Å². The van der Waals surface area contributed by atoms with E-state index in [1.54, 1.807) is 25.3 Å². The van der Waals surface area contributed by atoms with Crippen molar-refractivity contribution >= 4 is 38.3 Å². The molecule has 0 spiro atoms. The summed E-state index contributed by atoms with van der Waals surface area (Å²) in [5.41, 5.74) is 3.03. The van der Waals surface area contributed by atoms with Gasteiger partial charge in [-0.2, -0.15) is 0 Å². The van der Waals surface area contributed by atoms with E-state index in [-0.39, 0.29) is 0 Å². The zero-order valence-corrected chi connectivity index (χ0v) is 9.22. The SMILES string of the molecule is C/C=C(/Cl)c1ncc(Br)cc1NO. The van der Waals surface area contributed by atoms with Crippen LogP contribution >= 0.6 is 27.5 Å². The topological polar surface area (TPSA) is 45.2 Å². The second-order valence-corrected chi connectivity index (χ2v) is 3.62. The molecule has 1 aromatic rings. The van der Waals surface area contributed by atoms with Crippen molar-refractivity contribution in [3.8, 4) is 0 Å². The molecule has 0 aliphatic heterocycles. The number of hydrogen-bond donors (Lipinski definition) is 2. The van der Waals surface area contributed by atoms with Crippen molar-refractivity contribution < 1.29 is 5.21 Å². The molecule has 0 bridgehead atoms. The number of aromatic nitrogens is 1. The predicted molar refractivity (Wildman–Crippen MR) is 56.9 cm³/mol. The van der Waals surface area contributed by atoms with E-state index < -0.39 is 0 Å². The normalized spacial score (nSPS) is 11.5. The van der Waals surface area contributed by atoms with Gasteiger partial charge in [-0.3, -0.25) is 15.7 Å². The van der Waals surface area contributed by atoms with Crippen LogP contribution in [0.25, 0.3) is 5.03 Å². The maximum absolute atomic E-state index is 8.79. The number of hydrogen-bond acceptors (Lipinski definition) is 3. The maximum atomic E-state index is 8.79. The highest BCUT2D eigenvalue weighted by Gasteiger charge is 2.06. The molecule has 0 aliphatic rings. The third kappa shape index (κ3) is 2.43. The lowest BCUT2D eigenvalue weighted by Crippen LogP contribution is -1.96. The number of halogens is 2. The van der Waals surface area contributed by atoms with Gasteiger partial charge in [0.05, 0.1) is 10.7 Å². The number of anilines is 1. The van der Waals surface area contributed by atoms with E-state index in [1.807, 2.05) is 5.48 Å². The van der Waals surface area contributed by atoms with Crippen LogP contribution in [0.2, 0.25) is 0 Å². The van der Waals surface area contributed by atoms with Gasteiger partial charge in [0.15, 0.2) is 0 Å². The van der Waals surface area contributed by atoms with Crippen LogP contribution in [-0.4, -0.2) is 10.2 Å². The van der Waals surface area contributed by atoms with E-state index in [0.717, 1.165) is 4.47 Å². The molecule has 0 aliphatic carbocycles. The van der Waals surface area contributed by atoms with E-state index in [2.05, 4.69) is 20.9 Å². The second kappa shape index (κ2) is 4.60. The van der Waals surface area contributed by atoms with Crippen molar-refractivity contribution in [2.75, 3.05) is 5.48 Å². The Morgan fingerprint density at radius 3 is 3.00 bits per heavy atom. The quantitative estimate of drug-likeness (QED) is 0.805. The molecular formula is C8H8BrClN2O. The number of allylic oxidation sites excluding steroid dienone is 1. The Balaban J connectivity index is 3.21. The fourth-order valence-electron chi connectivity index (χ4n) is 0.852. The van der Waals surface area contributed by atoms with E-state index in [4.69, 9.17) is 16.8 Å². The fourth-order valence-corrected chi connectivity index (χ4v) is 1.33. The van der Waals surface area contributed by atoms with Crippen LogP contribution in [-0.2, 0) is 0 Å². The van der Waals surface area contributed by atoms with E-state index >= 15 is 0 Å². The highest BCUT2D eigenvalue weighted by atomic mass is 79.9. The van der Waals surface area contributed by atoms with Gasteiger partial charge in [0.25, 0.3) is 0 Å². The molecule has 0 atom stereocenters. The van der Waals surface area contributed by atoms with Crippen molar-refractivity contribution in [2.24, 2.45) is 0 Å². The highest BCUT2D eigenvalue weighted by molar-refractivity contribution is 9.10. The van der Waals surface area contributed by atoms with E-state index in [9.17, 15) is 0 Å². The molecule has 70 valence electrons. The van der Waals surface area contributed by atoms with Gasteiger partial charge in [0.2, 0.25) is 0 Å². The number of rotatable bonds is 2. The van der Waals surface area contributed by atoms with Crippen molar-refractivity contribution in [3.05, 3.63) is 28.5 Å². The molecular weight excluding hydrogens is 255 g/mol. The minimum atomic E-state index is 0.470. The van der Waals surface area contributed by atoms with Crippen LogP contribution < -0.4 is 5.48 Å². The summed E-state index contributed by atoms with van der Waals surface area (Å²) in [5.74, 6) is 0. The van der Waals surface area contributed by atoms with Gasteiger partial charge in [-0.25, -0.2) is 0 Å². The number of nitrogens with one attached hydrogen (secondary N) is 1. The Bertz CT molecular complexity index is 341. The summed E-state index contributed by atoms with van der Waals surface area (Å²) in [6, 6.07) is 1.69. The van der Waals surface area contributed by atoms with E-state index in [0.29, 0.717) is 16.4 Å². The smallest absolute Gasteiger partial charge is 0.107 e. The van der Waals surface area contributed by atoms with Gasteiger partial charge in [0.1, 0.15) is 5.69 Å². The van der Waals surface area contributed by atoms with Crippen LogP contribution in [0, 0.1) is 0 Å². The van der Waals surface area contributed by atoms with Gasteiger partial charge in [-0.05, 0) is 28.9 Å². The summed E-state index contributed by atoms with van der Waals surface area (Å²) in [6.07, 6.45) is 3.32. The van der Waals surface area contributed by atoms with Gasteiger partial charge < -0.3 is 0 Å². The number of pyridine rings is 1. The molecule has 1 aromatic heterocycles. The van der Waals surface area contributed by atoms with Crippen LogP contribution in [0.3, 0.4) is 0 Å². The molecule has 2 N–H and O–H groups in total. The predicted octanol–water partition coefficient (Wildman–Crippen LogP) is 3.24. The highest BCUT2D eigenvalue weighted by Crippen LogP contribution is 2.26. The summed E-state index contributed by atoms with van der Waals surface area (Å²) in [7, 11) is 0. The van der Waals surface area contributed by atoms with Crippen molar-refractivity contribution in [2.45, 2.75) is 6.92 Å². The first kappa shape index (κ1) is 10.5. The lowest BCUT2D eigenvalue weighted by Gasteiger charge is -2.05. The third-order valence-electron chi connectivity index (χ3n) is 1.45. The minimum absolute atomic E-state index is 0.470. The molecule has 5 heteroatoms. The first-order chi connectivity index (χ1) is 6.19. The lowest BCUT2D eigenvalue weighted by molar-refractivity contribution is 0.388. The molecule has 13 heavy (non-hydrogen) atoms. The first-order valence-electron chi connectivity index (χ1n) is 3.57. The van der Waals surface area contributed by atoms with E-state index in [1.165, 1.54) is 0 Å². The summed E-state index contributed by atoms with van der Waals surface area (Å²) in [4.78, 5) is 4.05. The van der Waals surface area contributed by atoms with Crippen LogP contribution in [0.4, 0.5) is 5.69 Å². The molecule has 3 nitrogen and oxygen atoms in total. The second-order valence-electron chi connectivity index (χ2n) is 2.30. The number of nitrogens with zero attached hydrogens (tertiary/aromatic N) is 1. The Hall–Kier alpha value is -0.580. The fraction of sp³-hybridized carbons (Fsp3) is 0.125. The average molecular weight is 264 g/mol. The molecule has 0 aromatic carbocycles. The molecule has 1 rings (SSSR count). The molecule has 0 radical (unpaired) electrons. The Labute approximate surface area is 89.5 Å². The largest absolute Gasteiger partial charge is 0.291 e. The Morgan fingerprint density at radius 1 is 1.77 bits per heavy atom. The molecule has 0 saturated heterocycles. The van der Waals surface area contributed by atoms with Gasteiger partial charge in [-0.15, -0.1) is 0 Å². The average Bonchev–Trinajstić information content (AvgIpc) is 2.16. The van der Waals surface area contributed by atoms with Crippen molar-refractivity contribution in [1.82, 2.24) is 4.98 Å². The van der Waals surface area contributed by atoms with Gasteiger partial charge >= 0.3 is 0 Å².